The SMILES string of the molecule is Cl.NCCCNC(N)=NC(=O)c1cc2ccccc2[nH]1. The zero-order valence-electron chi connectivity index (χ0n) is 10.9. The second-order valence-electron chi connectivity index (χ2n) is 4.14. The van der Waals surface area contributed by atoms with Crippen LogP contribution < -0.4 is 16.8 Å². The first kappa shape index (κ1) is 16.0. The third-order valence-corrected chi connectivity index (χ3v) is 2.67. The number of carbonyl (C=O) groups excluding carboxylic acids is 1. The lowest BCUT2D eigenvalue weighted by atomic mass is 10.2. The van der Waals surface area contributed by atoms with Gasteiger partial charge < -0.3 is 21.8 Å². The number of aromatic nitrogens is 1. The van der Waals surface area contributed by atoms with E-state index >= 15 is 0 Å². The van der Waals surface area contributed by atoms with Crippen molar-refractivity contribution in [3.8, 4) is 0 Å². The van der Waals surface area contributed by atoms with E-state index in [-0.39, 0.29) is 18.4 Å². The van der Waals surface area contributed by atoms with Crippen molar-refractivity contribution < 1.29 is 4.79 Å². The van der Waals surface area contributed by atoms with Crippen LogP contribution >= 0.6 is 12.4 Å². The van der Waals surface area contributed by atoms with Crippen molar-refractivity contribution in [1.29, 1.82) is 0 Å². The fourth-order valence-corrected chi connectivity index (χ4v) is 1.72. The van der Waals surface area contributed by atoms with Gasteiger partial charge in [-0.2, -0.15) is 4.99 Å². The molecule has 0 unspecified atom stereocenters. The Kier molecular flexibility index (Phi) is 6.02. The van der Waals surface area contributed by atoms with Gasteiger partial charge in [0.05, 0.1) is 0 Å². The number of para-hydroxylation sites is 1. The van der Waals surface area contributed by atoms with E-state index in [4.69, 9.17) is 11.5 Å². The number of hydrogen-bond donors (Lipinski definition) is 4. The van der Waals surface area contributed by atoms with Crippen molar-refractivity contribution in [3.05, 3.63) is 36.0 Å². The van der Waals surface area contributed by atoms with Crippen LogP contribution in [0.3, 0.4) is 0 Å². The molecule has 0 atom stereocenters. The summed E-state index contributed by atoms with van der Waals surface area (Å²) in [6, 6.07) is 9.40. The second-order valence-corrected chi connectivity index (χ2v) is 4.14. The van der Waals surface area contributed by atoms with E-state index < -0.39 is 5.91 Å². The van der Waals surface area contributed by atoms with Crippen LogP contribution in [0.25, 0.3) is 10.9 Å². The Bertz CT molecular complexity index is 575. The van der Waals surface area contributed by atoms with Gasteiger partial charge in [0.2, 0.25) is 0 Å². The van der Waals surface area contributed by atoms with E-state index in [0.29, 0.717) is 18.8 Å². The standard InChI is InChI=1S/C13H17N5O.ClH/c14-6-3-7-16-13(15)18-12(19)11-8-9-4-1-2-5-10(9)17-11;/h1-2,4-5,8,17H,3,6-7,14H2,(H3,15,16,18,19);1H. The van der Waals surface area contributed by atoms with Gasteiger partial charge in [-0.25, -0.2) is 0 Å². The highest BCUT2D eigenvalue weighted by atomic mass is 35.5. The lowest BCUT2D eigenvalue weighted by molar-refractivity contribution is 0.0998. The summed E-state index contributed by atoms with van der Waals surface area (Å²) in [6.07, 6.45) is 0.775. The summed E-state index contributed by atoms with van der Waals surface area (Å²) in [6.45, 7) is 1.17. The Balaban J connectivity index is 0.00000200. The first-order valence-electron chi connectivity index (χ1n) is 6.11. The molecule has 7 heteroatoms. The number of H-pyrrole nitrogens is 1. The molecular formula is C13H18ClN5O. The van der Waals surface area contributed by atoms with Crippen LogP contribution in [0.1, 0.15) is 16.9 Å². The molecule has 2 rings (SSSR count). The minimum atomic E-state index is -0.394. The molecule has 6 N–H and O–H groups in total. The fraction of sp³-hybridized carbons (Fsp3) is 0.231. The van der Waals surface area contributed by atoms with Crippen LogP contribution in [0, 0.1) is 0 Å². The predicted molar refractivity (Wildman–Crippen MR) is 83.2 cm³/mol. The molecule has 0 aliphatic heterocycles. The van der Waals surface area contributed by atoms with E-state index in [0.717, 1.165) is 17.3 Å². The molecule has 0 fully saturated rings. The quantitative estimate of drug-likeness (QED) is 0.383. The lowest BCUT2D eigenvalue weighted by Gasteiger charge is -2.02. The van der Waals surface area contributed by atoms with Gasteiger partial charge in [0.25, 0.3) is 5.91 Å². The van der Waals surface area contributed by atoms with E-state index in [9.17, 15) is 4.79 Å². The fourth-order valence-electron chi connectivity index (χ4n) is 1.72. The van der Waals surface area contributed by atoms with Crippen LogP contribution in [0.15, 0.2) is 35.3 Å². The molecule has 0 aliphatic carbocycles. The Morgan fingerprint density at radius 1 is 1.35 bits per heavy atom. The average Bonchev–Trinajstić information content (AvgIpc) is 2.83. The topological polar surface area (TPSA) is 109 Å². The monoisotopic (exact) mass is 295 g/mol. The first-order valence-corrected chi connectivity index (χ1v) is 6.11. The van der Waals surface area contributed by atoms with Crippen LogP contribution in [-0.2, 0) is 0 Å². The van der Waals surface area contributed by atoms with Crippen LogP contribution in [0.5, 0.6) is 0 Å². The molecule has 20 heavy (non-hydrogen) atoms. The van der Waals surface area contributed by atoms with Gasteiger partial charge in [0, 0.05) is 17.4 Å². The zero-order chi connectivity index (χ0) is 13.7. The minimum absolute atomic E-state index is 0. The molecular weight excluding hydrogens is 278 g/mol. The number of hydrogen-bond acceptors (Lipinski definition) is 2. The molecule has 0 bridgehead atoms. The van der Waals surface area contributed by atoms with Gasteiger partial charge in [0.1, 0.15) is 5.69 Å². The van der Waals surface area contributed by atoms with Gasteiger partial charge >= 0.3 is 0 Å². The number of benzene rings is 1. The maximum Gasteiger partial charge on any atom is 0.296 e. The Morgan fingerprint density at radius 2 is 2.10 bits per heavy atom. The average molecular weight is 296 g/mol. The van der Waals surface area contributed by atoms with Gasteiger partial charge in [0.15, 0.2) is 5.96 Å². The predicted octanol–water partition coefficient (Wildman–Crippen LogP) is 0.983. The number of amides is 1. The van der Waals surface area contributed by atoms with E-state index in [1.54, 1.807) is 6.07 Å². The van der Waals surface area contributed by atoms with E-state index in [1.165, 1.54) is 0 Å². The summed E-state index contributed by atoms with van der Waals surface area (Å²) in [5, 5.41) is 3.80. The van der Waals surface area contributed by atoms with Crippen molar-refractivity contribution in [2.24, 2.45) is 16.5 Å². The largest absolute Gasteiger partial charge is 0.370 e. The number of nitrogens with two attached hydrogens (primary N) is 2. The molecule has 0 radical (unpaired) electrons. The highest BCUT2D eigenvalue weighted by Gasteiger charge is 2.08. The Morgan fingerprint density at radius 3 is 2.80 bits per heavy atom. The molecule has 1 heterocycles. The maximum absolute atomic E-state index is 11.9. The van der Waals surface area contributed by atoms with Gasteiger partial charge in [-0.3, -0.25) is 4.79 Å². The minimum Gasteiger partial charge on any atom is -0.370 e. The summed E-state index contributed by atoms with van der Waals surface area (Å²) in [7, 11) is 0. The molecule has 2 aromatic rings. The first-order chi connectivity index (χ1) is 9.20. The third-order valence-electron chi connectivity index (χ3n) is 2.67. The Labute approximate surface area is 123 Å². The normalized spacial score (nSPS) is 11.2. The number of aliphatic imine (C=N–C) groups is 1. The number of carbonyl (C=O) groups is 1. The van der Waals surface area contributed by atoms with Crippen molar-refractivity contribution in [2.75, 3.05) is 13.1 Å². The summed E-state index contributed by atoms with van der Waals surface area (Å²) in [5.41, 5.74) is 12.3. The van der Waals surface area contributed by atoms with E-state index in [2.05, 4.69) is 15.3 Å². The molecule has 0 spiro atoms. The molecule has 108 valence electrons. The third kappa shape index (κ3) is 3.97. The summed E-state index contributed by atoms with van der Waals surface area (Å²) >= 11 is 0. The number of guanidine groups is 1. The van der Waals surface area contributed by atoms with E-state index in [1.807, 2.05) is 24.3 Å². The maximum atomic E-state index is 11.9. The number of nitrogens with one attached hydrogen (secondary N) is 2. The number of fused-ring (bicyclic) bond motifs is 1. The highest BCUT2D eigenvalue weighted by molar-refractivity contribution is 6.03. The van der Waals surface area contributed by atoms with Crippen LogP contribution in [-0.4, -0.2) is 29.9 Å². The van der Waals surface area contributed by atoms with Gasteiger partial charge in [-0.15, -0.1) is 12.4 Å². The summed E-state index contributed by atoms with van der Waals surface area (Å²) in [5.74, 6) is -0.286. The molecule has 1 aromatic heterocycles. The molecule has 6 nitrogen and oxygen atoms in total. The highest BCUT2D eigenvalue weighted by Crippen LogP contribution is 2.14. The Hall–Kier alpha value is -2.05. The van der Waals surface area contributed by atoms with Crippen molar-refractivity contribution in [2.45, 2.75) is 6.42 Å². The van der Waals surface area contributed by atoms with Crippen molar-refractivity contribution in [1.82, 2.24) is 10.3 Å². The van der Waals surface area contributed by atoms with Crippen molar-refractivity contribution in [3.63, 3.8) is 0 Å². The molecule has 0 aliphatic rings. The van der Waals surface area contributed by atoms with Crippen LogP contribution in [0.4, 0.5) is 0 Å². The summed E-state index contributed by atoms with van der Waals surface area (Å²) < 4.78 is 0. The number of rotatable bonds is 4. The smallest absolute Gasteiger partial charge is 0.296 e. The number of aromatic amines is 1. The molecule has 1 aromatic carbocycles. The molecule has 0 saturated heterocycles. The lowest BCUT2D eigenvalue weighted by Crippen LogP contribution is -2.34. The molecule has 0 saturated carbocycles. The zero-order valence-corrected chi connectivity index (χ0v) is 11.7. The summed E-state index contributed by atoms with van der Waals surface area (Å²) in [4.78, 5) is 18.7. The van der Waals surface area contributed by atoms with Crippen molar-refractivity contribution >= 4 is 35.2 Å². The second kappa shape index (κ2) is 7.52. The van der Waals surface area contributed by atoms with Gasteiger partial charge in [-0.1, -0.05) is 18.2 Å². The number of nitrogens with zero attached hydrogens (tertiary/aromatic N) is 1. The van der Waals surface area contributed by atoms with Crippen LogP contribution in [0.2, 0.25) is 0 Å². The number of halogens is 1. The van der Waals surface area contributed by atoms with Gasteiger partial charge in [-0.05, 0) is 25.1 Å². The molecule has 1 amide bonds.